The fourth-order valence-electron chi connectivity index (χ4n) is 1.54. The van der Waals surface area contributed by atoms with Gasteiger partial charge in [-0.2, -0.15) is 0 Å². The molecule has 5 heteroatoms. The Hall–Kier alpha value is -1.13. The van der Waals surface area contributed by atoms with Crippen molar-refractivity contribution in [1.82, 2.24) is 0 Å². The second-order valence-corrected chi connectivity index (χ2v) is 4.90. The summed E-state index contributed by atoms with van der Waals surface area (Å²) >= 11 is 8.82. The fraction of sp³-hybridized carbons (Fsp3) is 0.143. The highest BCUT2D eigenvalue weighted by atomic mass is 79.9. The van der Waals surface area contributed by atoms with Crippen LogP contribution in [0.25, 0.3) is 0 Å². The lowest BCUT2D eigenvalue weighted by atomic mass is 10.2. The van der Waals surface area contributed by atoms with Crippen LogP contribution >= 0.6 is 27.5 Å². The van der Waals surface area contributed by atoms with Gasteiger partial charge in [0.05, 0.1) is 5.02 Å². The summed E-state index contributed by atoms with van der Waals surface area (Å²) in [6, 6.07) is 9.06. The first-order chi connectivity index (χ1) is 9.10. The van der Waals surface area contributed by atoms with Crippen LogP contribution < -0.4 is 4.74 Å². The predicted molar refractivity (Wildman–Crippen MR) is 74.8 cm³/mol. The molecule has 0 bridgehead atoms. The van der Waals surface area contributed by atoms with Gasteiger partial charge in [-0.1, -0.05) is 39.7 Å². The predicted octanol–water partition coefficient (Wildman–Crippen LogP) is 5.09. The topological polar surface area (TPSA) is 9.23 Å². The Morgan fingerprint density at radius 3 is 2.32 bits per heavy atom. The third-order valence-corrected chi connectivity index (χ3v) is 3.48. The van der Waals surface area contributed by atoms with Gasteiger partial charge in [0.1, 0.15) is 12.4 Å². The summed E-state index contributed by atoms with van der Waals surface area (Å²) in [6.45, 7) is 0.0820. The molecule has 0 aliphatic heterocycles. The molecule has 0 aliphatic rings. The molecule has 0 N–H and O–H groups in total. The molecule has 100 valence electrons. The maximum atomic E-state index is 13.6. The lowest BCUT2D eigenvalue weighted by Gasteiger charge is -2.08. The molecule has 0 saturated carbocycles. The number of hydrogen-bond acceptors (Lipinski definition) is 1. The average molecular weight is 348 g/mol. The van der Waals surface area contributed by atoms with E-state index in [2.05, 4.69) is 15.9 Å². The average Bonchev–Trinajstić information content (AvgIpc) is 2.41. The van der Waals surface area contributed by atoms with Crippen LogP contribution in [0.5, 0.6) is 5.75 Å². The Kier molecular flexibility index (Phi) is 4.77. The number of alkyl halides is 1. The van der Waals surface area contributed by atoms with Gasteiger partial charge in [-0.25, -0.2) is 8.78 Å². The number of hydrogen-bond donors (Lipinski definition) is 0. The molecule has 0 amide bonds. The molecule has 0 fully saturated rings. The van der Waals surface area contributed by atoms with Gasteiger partial charge in [-0.15, -0.1) is 0 Å². The lowest BCUT2D eigenvalue weighted by molar-refractivity contribution is 0.289. The highest BCUT2D eigenvalue weighted by Gasteiger charge is 2.06. The van der Waals surface area contributed by atoms with Crippen LogP contribution in [-0.4, -0.2) is 0 Å². The zero-order chi connectivity index (χ0) is 13.8. The first kappa shape index (κ1) is 14.3. The molecule has 2 aromatic carbocycles. The lowest BCUT2D eigenvalue weighted by Crippen LogP contribution is -1.98. The van der Waals surface area contributed by atoms with Crippen LogP contribution in [0.2, 0.25) is 5.02 Å². The van der Waals surface area contributed by atoms with Crippen LogP contribution in [0.4, 0.5) is 8.78 Å². The summed E-state index contributed by atoms with van der Waals surface area (Å²) in [5, 5.41) is 0.628. The van der Waals surface area contributed by atoms with Gasteiger partial charge in [-0.05, 0) is 35.4 Å². The summed E-state index contributed by atoms with van der Waals surface area (Å²) in [4.78, 5) is 0. The molecule has 0 atom stereocenters. The first-order valence-corrected chi connectivity index (χ1v) is 7.01. The number of benzene rings is 2. The molecule has 0 saturated heterocycles. The molecule has 0 spiro atoms. The van der Waals surface area contributed by atoms with E-state index in [1.807, 2.05) is 0 Å². The van der Waals surface area contributed by atoms with Crippen molar-refractivity contribution in [3.63, 3.8) is 0 Å². The maximum Gasteiger partial charge on any atom is 0.165 e. The van der Waals surface area contributed by atoms with Crippen molar-refractivity contribution in [3.8, 4) is 5.75 Å². The SMILES string of the molecule is Fc1cc(COc2ccc(CBr)cc2F)ccc1Cl. The Balaban J connectivity index is 2.07. The van der Waals surface area contributed by atoms with E-state index in [0.29, 0.717) is 10.9 Å². The summed E-state index contributed by atoms with van der Waals surface area (Å²) in [7, 11) is 0. The van der Waals surface area contributed by atoms with Crippen molar-refractivity contribution in [2.45, 2.75) is 11.9 Å². The van der Waals surface area contributed by atoms with Gasteiger partial charge >= 0.3 is 0 Å². The van der Waals surface area contributed by atoms with E-state index >= 15 is 0 Å². The maximum absolute atomic E-state index is 13.6. The van der Waals surface area contributed by atoms with Gasteiger partial charge in [-0.3, -0.25) is 0 Å². The molecular formula is C14H10BrClF2O. The molecule has 19 heavy (non-hydrogen) atoms. The van der Waals surface area contributed by atoms with Gasteiger partial charge in [0.2, 0.25) is 0 Å². The van der Waals surface area contributed by atoms with Gasteiger partial charge < -0.3 is 4.74 Å². The summed E-state index contributed by atoms with van der Waals surface area (Å²) in [5.74, 6) is -0.815. The standard InChI is InChI=1S/C14H10BrClF2O/c15-7-9-2-4-14(13(18)5-9)19-8-10-1-3-11(16)12(17)6-10/h1-6H,7-8H2. The summed E-state index contributed by atoms with van der Waals surface area (Å²) in [6.07, 6.45) is 0. The van der Waals surface area contributed by atoms with Crippen LogP contribution in [0, 0.1) is 11.6 Å². The number of ether oxygens (including phenoxy) is 1. The van der Waals surface area contributed by atoms with E-state index in [9.17, 15) is 8.78 Å². The second-order valence-electron chi connectivity index (χ2n) is 3.94. The fourth-order valence-corrected chi connectivity index (χ4v) is 2.00. The third kappa shape index (κ3) is 3.67. The monoisotopic (exact) mass is 346 g/mol. The molecule has 0 aliphatic carbocycles. The van der Waals surface area contributed by atoms with E-state index in [1.54, 1.807) is 18.2 Å². The minimum atomic E-state index is -0.516. The van der Waals surface area contributed by atoms with Crippen LogP contribution in [0.1, 0.15) is 11.1 Å². The van der Waals surface area contributed by atoms with Crippen molar-refractivity contribution in [3.05, 3.63) is 64.2 Å². The minimum Gasteiger partial charge on any atom is -0.486 e. The van der Waals surface area contributed by atoms with Gasteiger partial charge in [0, 0.05) is 5.33 Å². The molecule has 0 unspecified atom stereocenters. The zero-order valence-electron chi connectivity index (χ0n) is 9.80. The Bertz CT molecular complexity index is 590. The normalized spacial score (nSPS) is 10.5. The van der Waals surface area contributed by atoms with Crippen molar-refractivity contribution >= 4 is 27.5 Å². The minimum absolute atomic E-state index is 0.0524. The van der Waals surface area contributed by atoms with Crippen LogP contribution in [-0.2, 0) is 11.9 Å². The number of rotatable bonds is 4. The van der Waals surface area contributed by atoms with Gasteiger partial charge in [0.25, 0.3) is 0 Å². The van der Waals surface area contributed by atoms with Gasteiger partial charge in [0.15, 0.2) is 11.6 Å². The smallest absolute Gasteiger partial charge is 0.165 e. The van der Waals surface area contributed by atoms with Crippen molar-refractivity contribution in [1.29, 1.82) is 0 Å². The van der Waals surface area contributed by atoms with Crippen molar-refractivity contribution < 1.29 is 13.5 Å². The van der Waals surface area contributed by atoms with E-state index < -0.39 is 11.6 Å². The molecule has 0 aromatic heterocycles. The quantitative estimate of drug-likeness (QED) is 0.700. The van der Waals surface area contributed by atoms with Crippen LogP contribution in [0.3, 0.4) is 0 Å². The largest absolute Gasteiger partial charge is 0.486 e. The highest BCUT2D eigenvalue weighted by Crippen LogP contribution is 2.22. The zero-order valence-corrected chi connectivity index (χ0v) is 12.1. The van der Waals surface area contributed by atoms with E-state index in [-0.39, 0.29) is 17.4 Å². The number of halogens is 4. The van der Waals surface area contributed by atoms with E-state index in [1.165, 1.54) is 18.2 Å². The highest BCUT2D eigenvalue weighted by molar-refractivity contribution is 9.08. The molecule has 0 heterocycles. The Morgan fingerprint density at radius 2 is 1.68 bits per heavy atom. The summed E-state index contributed by atoms with van der Waals surface area (Å²) in [5.41, 5.74) is 1.41. The Labute approximate surface area is 123 Å². The van der Waals surface area contributed by atoms with Crippen LogP contribution in [0.15, 0.2) is 36.4 Å². The molecule has 0 radical (unpaired) electrons. The molecule has 2 rings (SSSR count). The van der Waals surface area contributed by atoms with Crippen molar-refractivity contribution in [2.75, 3.05) is 0 Å². The summed E-state index contributed by atoms with van der Waals surface area (Å²) < 4.78 is 32.2. The van der Waals surface area contributed by atoms with Crippen molar-refractivity contribution in [2.24, 2.45) is 0 Å². The first-order valence-electron chi connectivity index (χ1n) is 5.51. The third-order valence-electron chi connectivity index (χ3n) is 2.53. The van der Waals surface area contributed by atoms with E-state index in [0.717, 1.165) is 5.56 Å². The van der Waals surface area contributed by atoms with E-state index in [4.69, 9.17) is 16.3 Å². The Morgan fingerprint density at radius 1 is 1.00 bits per heavy atom. The molecule has 1 nitrogen and oxygen atoms in total. The molecular weight excluding hydrogens is 338 g/mol. The molecule has 2 aromatic rings. The second kappa shape index (κ2) is 6.35.